The van der Waals surface area contributed by atoms with Crippen LogP contribution in [0.15, 0.2) is 40.9 Å². The molecule has 0 spiro atoms. The minimum absolute atomic E-state index is 0.0596. The molecular formula is C31H35F6N3O3. The number of anilines is 2. The SMILES string of the molecule is CCN(CCCCC(=O)O)c1cc2c(cc1CN(Cc1cc(C(F)(F)F)cc(C(F)(F)F)c1)c1cc(C)no1)CCCC2. The average molecular weight is 612 g/mol. The van der Waals surface area contributed by atoms with E-state index in [2.05, 4.69) is 22.2 Å². The zero-order valence-corrected chi connectivity index (χ0v) is 24.1. The molecular weight excluding hydrogens is 576 g/mol. The predicted octanol–water partition coefficient (Wildman–Crippen LogP) is 8.19. The summed E-state index contributed by atoms with van der Waals surface area (Å²) in [4.78, 5) is 14.7. The summed E-state index contributed by atoms with van der Waals surface area (Å²) in [5, 5.41) is 12.9. The lowest BCUT2D eigenvalue weighted by atomic mass is 9.89. The maximum Gasteiger partial charge on any atom is 0.416 e. The summed E-state index contributed by atoms with van der Waals surface area (Å²) in [5.74, 6) is -0.643. The highest BCUT2D eigenvalue weighted by Crippen LogP contribution is 2.38. The van der Waals surface area contributed by atoms with Gasteiger partial charge in [-0.1, -0.05) is 11.2 Å². The van der Waals surface area contributed by atoms with Crippen molar-refractivity contribution in [2.24, 2.45) is 0 Å². The van der Waals surface area contributed by atoms with Crippen LogP contribution in [0.3, 0.4) is 0 Å². The van der Waals surface area contributed by atoms with E-state index in [1.54, 1.807) is 17.9 Å². The second-order valence-corrected chi connectivity index (χ2v) is 11.0. The van der Waals surface area contributed by atoms with Gasteiger partial charge in [-0.05, 0) is 98.9 Å². The number of rotatable bonds is 12. The summed E-state index contributed by atoms with van der Waals surface area (Å²) < 4.78 is 87.1. The molecule has 0 unspecified atom stereocenters. The number of unbranched alkanes of at least 4 members (excludes halogenated alkanes) is 1. The third-order valence-corrected chi connectivity index (χ3v) is 7.64. The van der Waals surface area contributed by atoms with Crippen molar-refractivity contribution in [3.8, 4) is 0 Å². The van der Waals surface area contributed by atoms with Gasteiger partial charge >= 0.3 is 18.3 Å². The molecule has 0 aliphatic heterocycles. The van der Waals surface area contributed by atoms with E-state index in [4.69, 9.17) is 9.63 Å². The van der Waals surface area contributed by atoms with E-state index in [1.807, 2.05) is 6.92 Å². The molecule has 0 fully saturated rings. The number of aromatic nitrogens is 1. The van der Waals surface area contributed by atoms with Crippen LogP contribution < -0.4 is 9.80 Å². The molecule has 0 saturated carbocycles. The lowest BCUT2D eigenvalue weighted by Gasteiger charge is -2.31. The van der Waals surface area contributed by atoms with Gasteiger partial charge in [0.25, 0.3) is 0 Å². The summed E-state index contributed by atoms with van der Waals surface area (Å²) in [7, 11) is 0. The van der Waals surface area contributed by atoms with Gasteiger partial charge in [0.15, 0.2) is 0 Å². The van der Waals surface area contributed by atoms with Gasteiger partial charge in [0.05, 0.1) is 16.8 Å². The van der Waals surface area contributed by atoms with Crippen molar-refractivity contribution in [1.29, 1.82) is 0 Å². The lowest BCUT2D eigenvalue weighted by molar-refractivity contribution is -0.143. The van der Waals surface area contributed by atoms with Crippen LogP contribution in [0.1, 0.15) is 78.1 Å². The second kappa shape index (κ2) is 13.3. The summed E-state index contributed by atoms with van der Waals surface area (Å²) in [6, 6.07) is 7.39. The normalized spacial score (nSPS) is 13.6. The van der Waals surface area contributed by atoms with Gasteiger partial charge in [-0.3, -0.25) is 4.79 Å². The summed E-state index contributed by atoms with van der Waals surface area (Å²) in [6.45, 7) is 4.74. The lowest BCUT2D eigenvalue weighted by Crippen LogP contribution is -2.29. The minimum Gasteiger partial charge on any atom is -0.481 e. The number of carbonyl (C=O) groups is 1. The van der Waals surface area contributed by atoms with Crippen LogP contribution in [0.2, 0.25) is 0 Å². The van der Waals surface area contributed by atoms with Crippen LogP contribution in [-0.2, 0) is 43.1 Å². The third kappa shape index (κ3) is 8.45. The van der Waals surface area contributed by atoms with Crippen LogP contribution in [0.25, 0.3) is 0 Å². The van der Waals surface area contributed by atoms with Crippen LogP contribution >= 0.6 is 0 Å². The number of alkyl halides is 6. The molecule has 1 heterocycles. The molecule has 1 aliphatic carbocycles. The van der Waals surface area contributed by atoms with Crippen molar-refractivity contribution in [3.05, 3.63) is 75.5 Å². The quantitative estimate of drug-likeness (QED) is 0.165. The van der Waals surface area contributed by atoms with Crippen LogP contribution in [0.5, 0.6) is 0 Å². The molecule has 0 amide bonds. The molecule has 12 heteroatoms. The first kappa shape index (κ1) is 32.2. The number of nitrogens with zero attached hydrogens (tertiary/aromatic N) is 3. The molecule has 1 N–H and O–H groups in total. The highest BCUT2D eigenvalue weighted by molar-refractivity contribution is 5.66. The van der Waals surface area contributed by atoms with Crippen molar-refractivity contribution in [3.63, 3.8) is 0 Å². The highest BCUT2D eigenvalue weighted by atomic mass is 19.4. The monoisotopic (exact) mass is 611 g/mol. The number of aryl methyl sites for hydroxylation is 3. The van der Waals surface area contributed by atoms with E-state index < -0.39 is 29.4 Å². The average Bonchev–Trinajstić information content (AvgIpc) is 3.37. The standard InChI is InChI=1S/C31H35F6N3O3/c1-3-39(11-7-6-10-29(41)42)27-16-23-9-5-4-8-22(23)15-24(27)19-40(28-12-20(2)38-43-28)18-21-13-25(30(32,33)34)17-26(14-21)31(35,36)37/h12-17H,3-11,18-19H2,1-2H3,(H,41,42). The molecule has 0 atom stereocenters. The molecule has 43 heavy (non-hydrogen) atoms. The number of halogens is 6. The number of carboxylic acid groups (broad SMARTS) is 1. The molecule has 4 rings (SSSR count). The van der Waals surface area contributed by atoms with E-state index in [0.29, 0.717) is 31.6 Å². The Labute approximate surface area is 246 Å². The Morgan fingerprint density at radius 3 is 2.05 bits per heavy atom. The smallest absolute Gasteiger partial charge is 0.416 e. The van der Waals surface area contributed by atoms with Crippen molar-refractivity contribution < 1.29 is 40.8 Å². The van der Waals surface area contributed by atoms with E-state index in [1.165, 1.54) is 11.1 Å². The van der Waals surface area contributed by atoms with Crippen molar-refractivity contribution in [2.75, 3.05) is 22.9 Å². The first-order valence-electron chi connectivity index (χ1n) is 14.3. The van der Waals surface area contributed by atoms with Gasteiger partial charge in [-0.25, -0.2) is 0 Å². The predicted molar refractivity (Wildman–Crippen MR) is 150 cm³/mol. The Bertz CT molecular complexity index is 1380. The molecule has 0 bridgehead atoms. The fourth-order valence-electron chi connectivity index (χ4n) is 5.52. The van der Waals surface area contributed by atoms with Gasteiger partial charge in [0.2, 0.25) is 5.88 Å². The molecule has 0 saturated heterocycles. The van der Waals surface area contributed by atoms with Crippen LogP contribution in [0, 0.1) is 6.92 Å². The fourth-order valence-corrected chi connectivity index (χ4v) is 5.52. The number of benzene rings is 2. The number of aliphatic carboxylic acids is 1. The molecule has 3 aromatic rings. The van der Waals surface area contributed by atoms with Crippen molar-refractivity contribution >= 4 is 17.5 Å². The Kier molecular flexibility index (Phi) is 9.96. The summed E-state index contributed by atoms with van der Waals surface area (Å²) in [5.41, 5.74) is 1.72. The van der Waals surface area contributed by atoms with Crippen molar-refractivity contribution in [2.45, 2.75) is 84.2 Å². The van der Waals surface area contributed by atoms with Crippen LogP contribution in [-0.4, -0.2) is 29.3 Å². The Morgan fingerprint density at radius 1 is 0.884 bits per heavy atom. The Morgan fingerprint density at radius 2 is 1.51 bits per heavy atom. The number of hydrogen-bond donors (Lipinski definition) is 1. The Hall–Kier alpha value is -3.70. The van der Waals surface area contributed by atoms with E-state index in [9.17, 15) is 31.1 Å². The Balaban J connectivity index is 1.74. The largest absolute Gasteiger partial charge is 0.481 e. The van der Waals surface area contributed by atoms with Gasteiger partial charge < -0.3 is 19.4 Å². The third-order valence-electron chi connectivity index (χ3n) is 7.64. The molecule has 0 radical (unpaired) electrons. The number of fused-ring (bicyclic) bond motifs is 1. The number of carboxylic acids is 1. The van der Waals surface area contributed by atoms with E-state index >= 15 is 0 Å². The first-order valence-corrected chi connectivity index (χ1v) is 14.3. The zero-order chi connectivity index (χ0) is 31.4. The van der Waals surface area contributed by atoms with Gasteiger partial charge in [0.1, 0.15) is 0 Å². The van der Waals surface area contributed by atoms with Gasteiger partial charge in [0, 0.05) is 44.4 Å². The van der Waals surface area contributed by atoms with Gasteiger partial charge in [-0.2, -0.15) is 26.3 Å². The zero-order valence-electron chi connectivity index (χ0n) is 24.1. The fraction of sp³-hybridized carbons (Fsp3) is 0.484. The van der Waals surface area contributed by atoms with Gasteiger partial charge in [-0.15, -0.1) is 0 Å². The molecule has 6 nitrogen and oxygen atoms in total. The minimum atomic E-state index is -4.96. The van der Waals surface area contributed by atoms with E-state index in [0.717, 1.165) is 49.1 Å². The maximum absolute atomic E-state index is 13.6. The number of hydrogen-bond acceptors (Lipinski definition) is 5. The highest BCUT2D eigenvalue weighted by Gasteiger charge is 2.37. The van der Waals surface area contributed by atoms with Crippen LogP contribution in [0.4, 0.5) is 37.9 Å². The summed E-state index contributed by atoms with van der Waals surface area (Å²) >= 11 is 0. The summed E-state index contributed by atoms with van der Waals surface area (Å²) in [6.07, 6.45) is -4.85. The molecule has 1 aliphatic rings. The first-order chi connectivity index (χ1) is 20.2. The van der Waals surface area contributed by atoms with E-state index in [-0.39, 0.29) is 37.0 Å². The molecule has 234 valence electrons. The topological polar surface area (TPSA) is 69.8 Å². The molecule has 2 aromatic carbocycles. The maximum atomic E-state index is 13.6. The van der Waals surface area contributed by atoms with Crippen molar-refractivity contribution in [1.82, 2.24) is 5.16 Å². The molecule has 1 aromatic heterocycles. The second-order valence-electron chi connectivity index (χ2n) is 11.0.